The number of phenols is 1. The third-order valence-corrected chi connectivity index (χ3v) is 7.12. The van der Waals surface area contributed by atoms with Gasteiger partial charge in [0.2, 0.25) is 0 Å². The molecule has 3 atom stereocenters. The molecule has 1 heterocycles. The SMILES string of the molecule is [2H]C([2H])([2H])c1c(O)cc2c(c1C)O[C@](C)(CCC[C@H](C)CCC[C@H](C)CCCC(C)C)CC2. The molecule has 0 bridgehead atoms. The summed E-state index contributed by atoms with van der Waals surface area (Å²) in [5.41, 5.74) is 1.24. The van der Waals surface area contributed by atoms with Crippen molar-refractivity contribution < 1.29 is 14.0 Å². The Bertz CT molecular complexity index is 756. The molecule has 2 rings (SSSR count). The van der Waals surface area contributed by atoms with E-state index in [0.29, 0.717) is 11.3 Å². The van der Waals surface area contributed by atoms with Crippen molar-refractivity contribution in [2.24, 2.45) is 17.8 Å². The van der Waals surface area contributed by atoms with Crippen LogP contribution >= 0.6 is 0 Å². The topological polar surface area (TPSA) is 29.5 Å². The summed E-state index contributed by atoms with van der Waals surface area (Å²) >= 11 is 0. The number of fused-ring (bicyclic) bond motifs is 1. The average molecular weight is 420 g/mol. The van der Waals surface area contributed by atoms with Crippen LogP contribution in [-0.2, 0) is 6.42 Å². The van der Waals surface area contributed by atoms with Gasteiger partial charge in [-0.1, -0.05) is 72.6 Å². The number of benzene rings is 1. The van der Waals surface area contributed by atoms with E-state index in [1.54, 1.807) is 13.0 Å². The van der Waals surface area contributed by atoms with E-state index in [1.165, 1.54) is 44.9 Å². The zero-order chi connectivity index (χ0) is 24.8. The fourth-order valence-corrected chi connectivity index (χ4v) is 4.85. The van der Waals surface area contributed by atoms with Crippen molar-refractivity contribution in [3.8, 4) is 11.5 Å². The minimum Gasteiger partial charge on any atom is -0.508 e. The van der Waals surface area contributed by atoms with Gasteiger partial charge in [-0.05, 0) is 86.9 Å². The van der Waals surface area contributed by atoms with Crippen LogP contribution in [0.3, 0.4) is 0 Å². The third-order valence-electron chi connectivity index (χ3n) is 7.12. The molecule has 0 amide bonds. The van der Waals surface area contributed by atoms with E-state index in [-0.39, 0.29) is 16.9 Å². The Morgan fingerprint density at radius 1 is 1.00 bits per heavy atom. The summed E-state index contributed by atoms with van der Waals surface area (Å²) in [4.78, 5) is 0. The number of aromatic hydroxyl groups is 1. The first-order valence-electron chi connectivity index (χ1n) is 13.9. The Labute approximate surface area is 191 Å². The lowest BCUT2D eigenvalue weighted by Crippen LogP contribution is -2.36. The lowest BCUT2D eigenvalue weighted by molar-refractivity contribution is 0.0514. The number of hydrogen-bond acceptors (Lipinski definition) is 2. The Balaban J connectivity index is 1.80. The smallest absolute Gasteiger partial charge is 0.126 e. The van der Waals surface area contributed by atoms with Crippen LogP contribution in [0.1, 0.15) is 120 Å². The van der Waals surface area contributed by atoms with Crippen LogP contribution in [0.25, 0.3) is 0 Å². The fraction of sp³-hybridized carbons (Fsp3) is 0.786. The first-order chi connectivity index (χ1) is 15.3. The van der Waals surface area contributed by atoms with Gasteiger partial charge in [0.1, 0.15) is 17.1 Å². The molecule has 172 valence electrons. The molecule has 1 aromatic carbocycles. The summed E-state index contributed by atoms with van der Waals surface area (Å²) in [7, 11) is 0. The highest BCUT2D eigenvalue weighted by Gasteiger charge is 2.33. The molecule has 30 heavy (non-hydrogen) atoms. The maximum absolute atomic E-state index is 10.3. The number of phenolic OH excluding ortho intramolecular Hbond substituents is 1. The van der Waals surface area contributed by atoms with Crippen molar-refractivity contribution in [1.29, 1.82) is 0 Å². The minimum absolute atomic E-state index is 0.0255. The van der Waals surface area contributed by atoms with Crippen molar-refractivity contribution in [2.45, 2.75) is 125 Å². The van der Waals surface area contributed by atoms with E-state index < -0.39 is 6.85 Å². The van der Waals surface area contributed by atoms with E-state index in [2.05, 4.69) is 34.6 Å². The lowest BCUT2D eigenvalue weighted by atomic mass is 9.85. The molecule has 1 N–H and O–H groups in total. The van der Waals surface area contributed by atoms with Gasteiger partial charge in [-0.3, -0.25) is 0 Å². The van der Waals surface area contributed by atoms with Gasteiger partial charge in [-0.15, -0.1) is 0 Å². The molecule has 0 saturated carbocycles. The van der Waals surface area contributed by atoms with Crippen LogP contribution in [0.15, 0.2) is 6.07 Å². The molecule has 0 fully saturated rings. The highest BCUT2D eigenvalue weighted by atomic mass is 16.5. The van der Waals surface area contributed by atoms with Crippen molar-refractivity contribution in [2.75, 3.05) is 0 Å². The summed E-state index contributed by atoms with van der Waals surface area (Å²) < 4.78 is 29.8. The molecule has 0 saturated heterocycles. The van der Waals surface area contributed by atoms with E-state index in [9.17, 15) is 5.11 Å². The molecule has 1 aliphatic heterocycles. The quantitative estimate of drug-likeness (QED) is 0.368. The second-order valence-electron chi connectivity index (χ2n) is 10.8. The Morgan fingerprint density at radius 2 is 1.60 bits per heavy atom. The number of hydrogen-bond donors (Lipinski definition) is 1. The molecule has 2 heteroatoms. The second-order valence-corrected chi connectivity index (χ2v) is 10.8. The summed E-state index contributed by atoms with van der Waals surface area (Å²) in [6.45, 7) is 11.0. The molecule has 2 nitrogen and oxygen atoms in total. The van der Waals surface area contributed by atoms with Crippen LogP contribution < -0.4 is 4.74 Å². The molecular weight excluding hydrogens is 368 g/mol. The average Bonchev–Trinajstić information content (AvgIpc) is 2.67. The molecule has 0 radical (unpaired) electrons. The standard InChI is InChI=1S/C28H48O2/c1-20(2)11-8-12-21(3)13-9-14-22(4)15-10-17-28(7)18-16-25-19-26(29)23(5)24(6)27(25)30-28/h19-22,29H,8-18H2,1-7H3/t21-,22-,28-/m1/s1/i5D3. The maximum Gasteiger partial charge on any atom is 0.126 e. The normalized spacial score (nSPS) is 22.6. The summed E-state index contributed by atoms with van der Waals surface area (Å²) in [6, 6.07) is 1.59. The zero-order valence-corrected chi connectivity index (χ0v) is 20.4. The Morgan fingerprint density at radius 3 is 2.20 bits per heavy atom. The van der Waals surface area contributed by atoms with Crippen LogP contribution in [0.2, 0.25) is 0 Å². The highest BCUT2D eigenvalue weighted by Crippen LogP contribution is 2.42. The molecular formula is C28H48O2. The first-order valence-corrected chi connectivity index (χ1v) is 12.4. The van der Waals surface area contributed by atoms with Gasteiger partial charge in [0, 0.05) is 4.11 Å². The lowest BCUT2D eigenvalue weighted by Gasteiger charge is -2.37. The van der Waals surface area contributed by atoms with E-state index in [0.717, 1.165) is 49.0 Å². The van der Waals surface area contributed by atoms with Crippen LogP contribution in [0.5, 0.6) is 11.5 Å². The second kappa shape index (κ2) is 11.4. The first kappa shape index (κ1) is 20.7. The summed E-state index contributed by atoms with van der Waals surface area (Å²) in [5.74, 6) is 2.93. The summed E-state index contributed by atoms with van der Waals surface area (Å²) in [5, 5.41) is 10.3. The monoisotopic (exact) mass is 419 g/mol. The van der Waals surface area contributed by atoms with Gasteiger partial charge in [0.15, 0.2) is 0 Å². The van der Waals surface area contributed by atoms with Crippen molar-refractivity contribution in [1.82, 2.24) is 0 Å². The molecule has 0 aromatic heterocycles. The fourth-order valence-electron chi connectivity index (χ4n) is 4.85. The third kappa shape index (κ3) is 7.50. The van der Waals surface area contributed by atoms with Crippen LogP contribution in [0, 0.1) is 31.5 Å². The summed E-state index contributed by atoms with van der Waals surface area (Å²) in [6.07, 6.45) is 13.1. The van der Waals surface area contributed by atoms with Crippen LogP contribution in [0.4, 0.5) is 0 Å². The van der Waals surface area contributed by atoms with E-state index >= 15 is 0 Å². The highest BCUT2D eigenvalue weighted by molar-refractivity contribution is 5.53. The molecule has 1 aliphatic rings. The van der Waals surface area contributed by atoms with Gasteiger partial charge in [0.25, 0.3) is 0 Å². The molecule has 0 unspecified atom stereocenters. The molecule has 0 aliphatic carbocycles. The van der Waals surface area contributed by atoms with Gasteiger partial charge in [-0.2, -0.15) is 0 Å². The van der Waals surface area contributed by atoms with E-state index in [4.69, 9.17) is 8.85 Å². The Hall–Kier alpha value is -1.18. The minimum atomic E-state index is -2.35. The predicted octanol–water partition coefficient (Wildman–Crippen LogP) is 8.53. The van der Waals surface area contributed by atoms with Gasteiger partial charge >= 0.3 is 0 Å². The molecule has 0 spiro atoms. The van der Waals surface area contributed by atoms with Crippen molar-refractivity contribution in [3.05, 3.63) is 22.8 Å². The number of ether oxygens (including phenoxy) is 1. The number of aryl methyl sites for hydroxylation is 1. The van der Waals surface area contributed by atoms with Crippen molar-refractivity contribution in [3.63, 3.8) is 0 Å². The zero-order valence-electron chi connectivity index (χ0n) is 23.4. The van der Waals surface area contributed by atoms with E-state index in [1.807, 2.05) is 0 Å². The molecule has 1 aromatic rings. The van der Waals surface area contributed by atoms with Gasteiger partial charge < -0.3 is 9.84 Å². The van der Waals surface area contributed by atoms with Crippen molar-refractivity contribution >= 4 is 0 Å². The van der Waals surface area contributed by atoms with Crippen LogP contribution in [-0.4, -0.2) is 10.7 Å². The number of rotatable bonds is 12. The Kier molecular flexibility index (Phi) is 7.90. The van der Waals surface area contributed by atoms with Gasteiger partial charge in [0.05, 0.1) is 0 Å². The predicted molar refractivity (Wildman–Crippen MR) is 130 cm³/mol. The van der Waals surface area contributed by atoms with Gasteiger partial charge in [-0.25, -0.2) is 0 Å². The largest absolute Gasteiger partial charge is 0.508 e. The maximum atomic E-state index is 10.3.